The fraction of sp³-hybridized carbons (Fsp3) is 0.286. The molecule has 6 nitrogen and oxygen atoms in total. The minimum absolute atomic E-state index is 0.145. The molecule has 0 saturated carbocycles. The molecule has 7 heteroatoms. The van der Waals surface area contributed by atoms with Crippen LogP contribution in [0.25, 0.3) is 0 Å². The lowest BCUT2D eigenvalue weighted by Crippen LogP contribution is -2.70. The third kappa shape index (κ3) is 3.47. The third-order valence-corrected chi connectivity index (χ3v) is 5.24. The average Bonchev–Trinajstić information content (AvgIpc) is 2.73. The van der Waals surface area contributed by atoms with Crippen LogP contribution in [0.1, 0.15) is 15.9 Å². The van der Waals surface area contributed by atoms with Gasteiger partial charge in [0.05, 0.1) is 6.54 Å². The maximum atomic E-state index is 13.1. The molecule has 2 aromatic rings. The average molecular weight is 381 g/mol. The number of benzene rings is 2. The van der Waals surface area contributed by atoms with Crippen LogP contribution in [0.3, 0.4) is 0 Å². The van der Waals surface area contributed by atoms with Crippen molar-refractivity contribution in [2.45, 2.75) is 18.5 Å². The molecule has 2 fully saturated rings. The molecule has 1 N–H and O–H groups in total. The van der Waals surface area contributed by atoms with Crippen LogP contribution in [0, 0.1) is 5.82 Å². The van der Waals surface area contributed by atoms with Crippen LogP contribution in [0.5, 0.6) is 0 Å². The molecule has 0 radical (unpaired) electrons. The minimum Gasteiger partial charge on any atom is -0.342 e. The van der Waals surface area contributed by atoms with E-state index in [2.05, 4.69) is 5.32 Å². The lowest BCUT2D eigenvalue weighted by molar-refractivity contribution is -0.152. The smallest absolute Gasteiger partial charge is 0.253 e. The topological polar surface area (TPSA) is 69.7 Å². The molecule has 2 aliphatic heterocycles. The van der Waals surface area contributed by atoms with E-state index >= 15 is 0 Å². The maximum Gasteiger partial charge on any atom is 0.253 e. The van der Waals surface area contributed by atoms with Gasteiger partial charge in [0.15, 0.2) is 0 Å². The van der Waals surface area contributed by atoms with Crippen molar-refractivity contribution < 1.29 is 18.8 Å². The van der Waals surface area contributed by atoms with E-state index in [0.29, 0.717) is 25.1 Å². The highest BCUT2D eigenvalue weighted by Gasteiger charge is 2.44. The van der Waals surface area contributed by atoms with Crippen molar-refractivity contribution in [3.63, 3.8) is 0 Å². The van der Waals surface area contributed by atoms with Crippen LogP contribution in [-0.4, -0.2) is 59.2 Å². The number of halogens is 1. The lowest BCUT2D eigenvalue weighted by Gasteiger charge is -2.45. The summed E-state index contributed by atoms with van der Waals surface area (Å²) >= 11 is 0. The van der Waals surface area contributed by atoms with Gasteiger partial charge in [-0.3, -0.25) is 14.4 Å². The van der Waals surface area contributed by atoms with Crippen LogP contribution in [0.4, 0.5) is 4.39 Å². The molecule has 4 rings (SSSR count). The fourth-order valence-electron chi connectivity index (χ4n) is 3.74. The molecule has 2 atom stereocenters. The van der Waals surface area contributed by atoms with Crippen molar-refractivity contribution >= 4 is 17.7 Å². The molecular weight excluding hydrogens is 361 g/mol. The summed E-state index contributed by atoms with van der Waals surface area (Å²) in [7, 11) is 0. The quantitative estimate of drug-likeness (QED) is 0.869. The Kier molecular flexibility index (Phi) is 4.81. The summed E-state index contributed by atoms with van der Waals surface area (Å²) in [6.45, 7) is 0.872. The van der Waals surface area contributed by atoms with Crippen molar-refractivity contribution in [2.24, 2.45) is 0 Å². The highest BCUT2D eigenvalue weighted by molar-refractivity contribution is 5.99. The number of hydrogen-bond acceptors (Lipinski definition) is 3. The number of nitrogens with one attached hydrogen (secondary N) is 1. The predicted octanol–water partition coefficient (Wildman–Crippen LogP) is 1.22. The molecule has 144 valence electrons. The number of carbonyl (C=O) groups excluding carboxylic acids is 3. The molecule has 3 amide bonds. The Morgan fingerprint density at radius 1 is 1.04 bits per heavy atom. The van der Waals surface area contributed by atoms with Gasteiger partial charge in [0.1, 0.15) is 17.9 Å². The lowest BCUT2D eigenvalue weighted by atomic mass is 9.98. The van der Waals surface area contributed by atoms with E-state index < -0.39 is 12.1 Å². The Morgan fingerprint density at radius 3 is 2.46 bits per heavy atom. The van der Waals surface area contributed by atoms with E-state index in [1.807, 2.05) is 6.07 Å². The zero-order valence-electron chi connectivity index (χ0n) is 15.2. The predicted molar refractivity (Wildman–Crippen MR) is 99.9 cm³/mol. The van der Waals surface area contributed by atoms with Gasteiger partial charge in [-0.25, -0.2) is 4.39 Å². The van der Waals surface area contributed by atoms with Crippen molar-refractivity contribution in [1.82, 2.24) is 15.1 Å². The van der Waals surface area contributed by atoms with Crippen LogP contribution in [0.2, 0.25) is 0 Å². The van der Waals surface area contributed by atoms with Gasteiger partial charge in [-0.1, -0.05) is 30.3 Å². The SMILES string of the molecule is O=C1N[C@@H](Cc2ccc(F)cc2)C(=O)N2CCN(C(=O)c3ccccc3)C[C@H]12. The summed E-state index contributed by atoms with van der Waals surface area (Å²) in [6.07, 6.45) is 0.306. The minimum atomic E-state index is -0.682. The van der Waals surface area contributed by atoms with E-state index in [0.717, 1.165) is 5.56 Å². The number of nitrogens with zero attached hydrogens (tertiary/aromatic N) is 2. The van der Waals surface area contributed by atoms with Crippen LogP contribution in [-0.2, 0) is 16.0 Å². The zero-order valence-corrected chi connectivity index (χ0v) is 15.2. The molecular formula is C21H20FN3O3. The van der Waals surface area contributed by atoms with Gasteiger partial charge in [-0.2, -0.15) is 0 Å². The van der Waals surface area contributed by atoms with Crippen LogP contribution in [0.15, 0.2) is 54.6 Å². The normalized spacial score (nSPS) is 21.9. The van der Waals surface area contributed by atoms with E-state index in [4.69, 9.17) is 0 Å². The first-order chi connectivity index (χ1) is 13.5. The summed E-state index contributed by atoms with van der Waals surface area (Å²) in [6, 6.07) is 13.4. The number of piperazine rings is 2. The maximum absolute atomic E-state index is 13.1. The largest absolute Gasteiger partial charge is 0.342 e. The second-order valence-electron chi connectivity index (χ2n) is 7.06. The highest BCUT2D eigenvalue weighted by Crippen LogP contribution is 2.20. The number of carbonyl (C=O) groups is 3. The number of fused-ring (bicyclic) bond motifs is 1. The van der Waals surface area contributed by atoms with Crippen molar-refractivity contribution in [1.29, 1.82) is 0 Å². The van der Waals surface area contributed by atoms with Crippen LogP contribution >= 0.6 is 0 Å². The molecule has 0 aromatic heterocycles. The van der Waals surface area contributed by atoms with Gasteiger partial charge in [0, 0.05) is 25.1 Å². The van der Waals surface area contributed by atoms with Crippen molar-refractivity contribution in [3.8, 4) is 0 Å². The Labute approximate surface area is 161 Å². The summed E-state index contributed by atoms with van der Waals surface area (Å²) in [5, 5.41) is 2.77. The van der Waals surface area contributed by atoms with Crippen LogP contribution < -0.4 is 5.32 Å². The summed E-state index contributed by atoms with van der Waals surface area (Å²) in [5.41, 5.74) is 1.34. The first kappa shape index (κ1) is 18.2. The van der Waals surface area contributed by atoms with E-state index in [1.165, 1.54) is 12.1 Å². The van der Waals surface area contributed by atoms with Gasteiger partial charge in [0.2, 0.25) is 11.8 Å². The molecule has 0 aliphatic carbocycles. The number of rotatable bonds is 3. The summed E-state index contributed by atoms with van der Waals surface area (Å²) in [5.74, 6) is -0.922. The molecule has 0 spiro atoms. The molecule has 0 unspecified atom stereocenters. The highest BCUT2D eigenvalue weighted by atomic mass is 19.1. The number of hydrogen-bond donors (Lipinski definition) is 1. The zero-order chi connectivity index (χ0) is 19.7. The van der Waals surface area contributed by atoms with E-state index in [9.17, 15) is 18.8 Å². The first-order valence-electron chi connectivity index (χ1n) is 9.22. The second kappa shape index (κ2) is 7.42. The monoisotopic (exact) mass is 381 g/mol. The molecule has 2 saturated heterocycles. The molecule has 28 heavy (non-hydrogen) atoms. The Balaban J connectivity index is 1.45. The summed E-state index contributed by atoms with van der Waals surface area (Å²) in [4.78, 5) is 41.3. The van der Waals surface area contributed by atoms with Gasteiger partial charge in [0.25, 0.3) is 5.91 Å². The summed E-state index contributed by atoms with van der Waals surface area (Å²) < 4.78 is 13.1. The van der Waals surface area contributed by atoms with Gasteiger partial charge < -0.3 is 15.1 Å². The van der Waals surface area contributed by atoms with Gasteiger partial charge >= 0.3 is 0 Å². The number of amides is 3. The Hall–Kier alpha value is -3.22. The standard InChI is InChI=1S/C21H20FN3O3/c22-16-8-6-14(7-9-16)12-17-21(28)25-11-10-24(13-18(25)19(26)23-17)20(27)15-4-2-1-3-5-15/h1-9,17-18H,10-13H2,(H,23,26)/t17-,18+/m0/s1. The molecule has 0 bridgehead atoms. The third-order valence-electron chi connectivity index (χ3n) is 5.24. The fourth-order valence-corrected chi connectivity index (χ4v) is 3.74. The van der Waals surface area contributed by atoms with Gasteiger partial charge in [-0.15, -0.1) is 0 Å². The van der Waals surface area contributed by atoms with E-state index in [1.54, 1.807) is 46.2 Å². The molecule has 2 heterocycles. The first-order valence-corrected chi connectivity index (χ1v) is 9.22. The Bertz CT molecular complexity index is 901. The molecule has 2 aromatic carbocycles. The van der Waals surface area contributed by atoms with Crippen molar-refractivity contribution in [2.75, 3.05) is 19.6 Å². The van der Waals surface area contributed by atoms with Gasteiger partial charge in [-0.05, 0) is 29.8 Å². The second-order valence-corrected chi connectivity index (χ2v) is 7.06. The van der Waals surface area contributed by atoms with E-state index in [-0.39, 0.29) is 30.1 Å². The Morgan fingerprint density at radius 2 is 1.75 bits per heavy atom. The molecule has 2 aliphatic rings. The van der Waals surface area contributed by atoms with Crippen molar-refractivity contribution in [3.05, 3.63) is 71.5 Å².